The quantitative estimate of drug-likeness (QED) is 0.501. The van der Waals surface area contributed by atoms with Crippen LogP contribution in [0.15, 0.2) is 36.5 Å². The number of piperidine rings is 1. The summed E-state index contributed by atoms with van der Waals surface area (Å²) in [4.78, 5) is 7.17. The monoisotopic (exact) mass is 517 g/mol. The lowest BCUT2D eigenvalue weighted by atomic mass is 9.92. The van der Waals surface area contributed by atoms with Gasteiger partial charge in [-0.3, -0.25) is 0 Å². The van der Waals surface area contributed by atoms with Crippen molar-refractivity contribution in [3.05, 3.63) is 58.6 Å². The maximum Gasteiger partial charge on any atom is 0.416 e. The molecule has 2 aliphatic heterocycles. The van der Waals surface area contributed by atoms with Gasteiger partial charge in [-0.2, -0.15) is 23.3 Å². The lowest BCUT2D eigenvalue weighted by molar-refractivity contribution is -0.137. The predicted octanol–water partition coefficient (Wildman–Crippen LogP) is 5.38. The third kappa shape index (κ3) is 4.51. The minimum atomic E-state index is -4.37. The third-order valence-corrected chi connectivity index (χ3v) is 8.03. The normalized spacial score (nSPS) is 25.9. The van der Waals surface area contributed by atoms with E-state index in [-0.39, 0.29) is 12.0 Å². The van der Waals surface area contributed by atoms with Gasteiger partial charge in [0, 0.05) is 37.7 Å². The van der Waals surface area contributed by atoms with Crippen molar-refractivity contribution >= 4 is 23.2 Å². The van der Waals surface area contributed by atoms with Gasteiger partial charge in [0.25, 0.3) is 0 Å². The van der Waals surface area contributed by atoms with Gasteiger partial charge in [-0.05, 0) is 49.1 Å². The van der Waals surface area contributed by atoms with E-state index < -0.39 is 11.7 Å². The van der Waals surface area contributed by atoms with E-state index in [9.17, 15) is 13.2 Å². The van der Waals surface area contributed by atoms with E-state index in [1.54, 1.807) is 12.3 Å². The van der Waals surface area contributed by atoms with Crippen molar-refractivity contribution in [2.24, 2.45) is 11.8 Å². The van der Waals surface area contributed by atoms with E-state index >= 15 is 0 Å². The average Bonchev–Trinajstić information content (AvgIpc) is 3.25. The predicted molar refractivity (Wildman–Crippen MR) is 130 cm³/mol. The highest BCUT2D eigenvalue weighted by Crippen LogP contribution is 2.41. The van der Waals surface area contributed by atoms with Gasteiger partial charge in [0.05, 0.1) is 17.4 Å². The van der Waals surface area contributed by atoms with Gasteiger partial charge in [-0.1, -0.05) is 36.2 Å². The van der Waals surface area contributed by atoms with Gasteiger partial charge in [-0.25, -0.2) is 4.68 Å². The number of hydrogen-bond acceptors (Lipinski definition) is 6. The number of rotatable bonds is 4. The Bertz CT molecular complexity index is 1230. The summed E-state index contributed by atoms with van der Waals surface area (Å²) in [6, 6.07) is 7.75. The molecule has 0 spiro atoms. The number of benzene rings is 1. The number of aryl methyl sites for hydroxylation is 1. The first kappa shape index (κ1) is 23.5. The smallest absolute Gasteiger partial charge is 0.369 e. The zero-order valence-electron chi connectivity index (χ0n) is 19.6. The van der Waals surface area contributed by atoms with E-state index in [1.165, 1.54) is 12.1 Å². The molecular weight excluding hydrogens is 491 g/mol. The summed E-state index contributed by atoms with van der Waals surface area (Å²) < 4.78 is 41.9. The van der Waals surface area contributed by atoms with Crippen LogP contribution < -0.4 is 10.2 Å². The minimum Gasteiger partial charge on any atom is -0.369 e. The summed E-state index contributed by atoms with van der Waals surface area (Å²) in [5.74, 6) is 1.97. The second-order valence-electron chi connectivity index (χ2n) is 10.1. The molecule has 1 N–H and O–H groups in total. The van der Waals surface area contributed by atoms with Crippen LogP contribution in [-0.2, 0) is 12.7 Å². The zero-order valence-corrected chi connectivity index (χ0v) is 20.4. The highest BCUT2D eigenvalue weighted by molar-refractivity contribution is 6.29. The Morgan fingerprint density at radius 3 is 2.58 bits per heavy atom. The molecule has 0 amide bonds. The number of hydrogen-bond donors (Lipinski definition) is 1. The molecule has 190 valence electrons. The standard InChI is InChI=1S/C25H27ClF3N7/c26-21-11-19(12-30-33-21)35-13-16-7-8-17(14-35)22(16)31-24-32-23-20(6-1-2-9-36(23)34-24)15-4-3-5-18(10-15)25(27,28)29/h3-5,10-12,16-17,20,22H,1-2,6-9,13-14H2,(H,31,34)/t16-,17?,20+,22-/m0/s1. The van der Waals surface area contributed by atoms with E-state index in [0.717, 1.165) is 69.3 Å². The fraction of sp³-hybridized carbons (Fsp3) is 0.520. The van der Waals surface area contributed by atoms with Crippen LogP contribution in [0.5, 0.6) is 0 Å². The van der Waals surface area contributed by atoms with E-state index in [1.807, 2.05) is 10.7 Å². The van der Waals surface area contributed by atoms with Crippen LogP contribution in [-0.4, -0.2) is 44.1 Å². The first-order valence-corrected chi connectivity index (χ1v) is 12.8. The molecule has 7 nitrogen and oxygen atoms in total. The Hall–Kier alpha value is -2.88. The number of anilines is 2. The van der Waals surface area contributed by atoms with Crippen molar-refractivity contribution in [1.29, 1.82) is 0 Å². The summed E-state index contributed by atoms with van der Waals surface area (Å²) in [7, 11) is 0. The molecule has 1 saturated carbocycles. The Kier molecular flexibility index (Phi) is 6.02. The van der Waals surface area contributed by atoms with Crippen molar-refractivity contribution < 1.29 is 13.2 Å². The highest BCUT2D eigenvalue weighted by atomic mass is 35.5. The largest absolute Gasteiger partial charge is 0.416 e. The van der Waals surface area contributed by atoms with Gasteiger partial charge in [0.2, 0.25) is 5.95 Å². The highest BCUT2D eigenvalue weighted by Gasteiger charge is 2.43. The minimum absolute atomic E-state index is 0.208. The lowest BCUT2D eigenvalue weighted by Gasteiger charge is -2.39. The summed E-state index contributed by atoms with van der Waals surface area (Å²) >= 11 is 6.05. The summed E-state index contributed by atoms with van der Waals surface area (Å²) in [6.07, 6.45) is 2.22. The second-order valence-corrected chi connectivity index (χ2v) is 10.5. The zero-order chi connectivity index (χ0) is 24.9. The van der Waals surface area contributed by atoms with Crippen LogP contribution in [0.2, 0.25) is 5.15 Å². The first-order valence-electron chi connectivity index (χ1n) is 12.5. The molecule has 1 aromatic carbocycles. The van der Waals surface area contributed by atoms with Crippen LogP contribution in [0.25, 0.3) is 0 Å². The van der Waals surface area contributed by atoms with Crippen LogP contribution in [0.4, 0.5) is 24.8 Å². The molecule has 2 aromatic heterocycles. The molecule has 11 heteroatoms. The topological polar surface area (TPSA) is 71.8 Å². The van der Waals surface area contributed by atoms with Crippen molar-refractivity contribution in [2.75, 3.05) is 23.3 Å². The Morgan fingerprint density at radius 1 is 1.03 bits per heavy atom. The van der Waals surface area contributed by atoms with E-state index in [4.69, 9.17) is 21.7 Å². The molecule has 1 aliphatic carbocycles. The van der Waals surface area contributed by atoms with Gasteiger partial charge < -0.3 is 10.2 Å². The number of nitrogens with one attached hydrogen (secondary N) is 1. The number of alkyl halides is 3. The molecule has 6 rings (SSSR count). The van der Waals surface area contributed by atoms with Crippen molar-refractivity contribution in [2.45, 2.75) is 56.8 Å². The summed E-state index contributed by atoms with van der Waals surface area (Å²) in [5, 5.41) is 16.6. The Labute approximate surface area is 212 Å². The van der Waals surface area contributed by atoms with Crippen molar-refractivity contribution in [3.8, 4) is 0 Å². The van der Waals surface area contributed by atoms with Crippen molar-refractivity contribution in [1.82, 2.24) is 25.0 Å². The van der Waals surface area contributed by atoms with Crippen LogP contribution in [0, 0.1) is 11.8 Å². The number of fused-ring (bicyclic) bond motifs is 3. The number of aromatic nitrogens is 5. The fourth-order valence-electron chi connectivity index (χ4n) is 6.15. The molecule has 2 fully saturated rings. The van der Waals surface area contributed by atoms with Gasteiger partial charge in [0.15, 0.2) is 5.15 Å². The number of nitrogens with zero attached hydrogens (tertiary/aromatic N) is 6. The van der Waals surface area contributed by atoms with E-state index in [0.29, 0.717) is 28.5 Å². The molecular formula is C25H27ClF3N7. The second kappa shape index (κ2) is 9.21. The molecule has 4 atom stereocenters. The van der Waals surface area contributed by atoms with Crippen LogP contribution in [0.3, 0.4) is 0 Å². The molecule has 4 heterocycles. The Balaban J connectivity index is 1.22. The molecule has 36 heavy (non-hydrogen) atoms. The molecule has 3 aliphatic rings. The van der Waals surface area contributed by atoms with Gasteiger partial charge in [-0.15, -0.1) is 10.2 Å². The Morgan fingerprint density at radius 2 is 1.83 bits per heavy atom. The van der Waals surface area contributed by atoms with Gasteiger partial charge in [0.1, 0.15) is 5.82 Å². The third-order valence-electron chi connectivity index (χ3n) is 7.85. The molecule has 3 aromatic rings. The fourth-order valence-corrected chi connectivity index (χ4v) is 6.30. The maximum absolute atomic E-state index is 13.4. The average molecular weight is 518 g/mol. The molecule has 0 radical (unpaired) electrons. The molecule has 2 bridgehead atoms. The summed E-state index contributed by atoms with van der Waals surface area (Å²) in [5.41, 5.74) is 1.01. The molecule has 1 unspecified atom stereocenters. The first-order chi connectivity index (χ1) is 17.3. The SMILES string of the molecule is FC(F)(F)c1cccc([C@H]2CCCCn3nc(N[C@@H]4C5CC[C@H]4CN(c4cnnc(Cl)c4)C5)nc32)c1. The maximum atomic E-state index is 13.4. The lowest BCUT2D eigenvalue weighted by Crippen LogP contribution is -2.48. The van der Waals surface area contributed by atoms with Crippen molar-refractivity contribution in [3.63, 3.8) is 0 Å². The van der Waals surface area contributed by atoms with E-state index in [2.05, 4.69) is 20.4 Å². The summed E-state index contributed by atoms with van der Waals surface area (Å²) in [6.45, 7) is 2.49. The molecule has 1 saturated heterocycles. The van der Waals surface area contributed by atoms with Crippen LogP contribution in [0.1, 0.15) is 55.0 Å². The van der Waals surface area contributed by atoms with Crippen LogP contribution >= 0.6 is 11.6 Å². The number of halogens is 4. The van der Waals surface area contributed by atoms with Gasteiger partial charge >= 0.3 is 6.18 Å².